The molecule has 1 N–H and O–H groups in total. The van der Waals surface area contributed by atoms with Crippen LogP contribution >= 0.6 is 11.6 Å². The van der Waals surface area contributed by atoms with Gasteiger partial charge >= 0.3 is 0 Å². The van der Waals surface area contributed by atoms with Gasteiger partial charge in [0.2, 0.25) is 0 Å². The number of anilines is 2. The van der Waals surface area contributed by atoms with Gasteiger partial charge in [-0.2, -0.15) is 5.26 Å². The Morgan fingerprint density at radius 2 is 1.78 bits per heavy atom. The molecule has 0 aliphatic rings. The molecule has 0 aliphatic carbocycles. The smallest absolute Gasteiger partial charge is 0.264 e. The van der Waals surface area contributed by atoms with Crippen molar-refractivity contribution in [2.24, 2.45) is 0 Å². The monoisotopic (exact) mass is 469 g/mol. The molecule has 0 fully saturated rings. The van der Waals surface area contributed by atoms with Crippen LogP contribution in [0.1, 0.15) is 12.5 Å². The molecule has 0 unspecified atom stereocenters. The van der Waals surface area contributed by atoms with Crippen molar-refractivity contribution < 1.29 is 17.9 Å². The fourth-order valence-corrected chi connectivity index (χ4v) is 4.65. The lowest BCUT2D eigenvalue weighted by Crippen LogP contribution is -2.30. The van der Waals surface area contributed by atoms with Crippen molar-refractivity contribution in [3.63, 3.8) is 0 Å². The Balaban J connectivity index is 1.79. The number of nitrogens with one attached hydrogen (secondary N) is 1. The maximum Gasteiger partial charge on any atom is 0.264 e. The number of carbonyl (C=O) groups is 1. The zero-order valence-electron chi connectivity index (χ0n) is 17.2. The number of hydrogen-bond acceptors (Lipinski definition) is 5. The van der Waals surface area contributed by atoms with E-state index in [0.717, 1.165) is 0 Å². The Kier molecular flexibility index (Phi) is 7.36. The second kappa shape index (κ2) is 10.2. The Morgan fingerprint density at radius 3 is 2.47 bits per heavy atom. The van der Waals surface area contributed by atoms with Crippen LogP contribution in [0.2, 0.25) is 5.02 Å². The standard InChI is InChI=1S/C23H20ClN3O4S/c1-2-27(18-9-4-3-5-10-18)32(29,30)19-12-13-20(24)21(14-19)26-23(28)16-31-22-11-7-6-8-17(22)15-25/h3-14H,2,16H2,1H3,(H,26,28). The van der Waals surface area contributed by atoms with Crippen molar-refractivity contribution in [3.05, 3.63) is 83.4 Å². The summed E-state index contributed by atoms with van der Waals surface area (Å²) < 4.78 is 33.1. The lowest BCUT2D eigenvalue weighted by Gasteiger charge is -2.23. The first-order chi connectivity index (χ1) is 15.4. The summed E-state index contributed by atoms with van der Waals surface area (Å²) in [6.45, 7) is 1.58. The van der Waals surface area contributed by atoms with Crippen LogP contribution in [-0.2, 0) is 14.8 Å². The molecule has 7 nitrogen and oxygen atoms in total. The second-order valence-electron chi connectivity index (χ2n) is 6.59. The molecule has 0 radical (unpaired) electrons. The van der Waals surface area contributed by atoms with Crippen molar-refractivity contribution in [1.82, 2.24) is 0 Å². The number of ether oxygens (including phenoxy) is 1. The molecule has 3 rings (SSSR count). The highest BCUT2D eigenvalue weighted by atomic mass is 35.5. The SMILES string of the molecule is CCN(c1ccccc1)S(=O)(=O)c1ccc(Cl)c(NC(=O)COc2ccccc2C#N)c1. The lowest BCUT2D eigenvalue weighted by atomic mass is 10.2. The third-order valence-electron chi connectivity index (χ3n) is 4.50. The second-order valence-corrected chi connectivity index (χ2v) is 8.86. The van der Waals surface area contributed by atoms with Crippen molar-refractivity contribution in [1.29, 1.82) is 5.26 Å². The highest BCUT2D eigenvalue weighted by molar-refractivity contribution is 7.92. The third kappa shape index (κ3) is 5.19. The van der Waals surface area contributed by atoms with Crippen LogP contribution in [-0.4, -0.2) is 27.5 Å². The molecule has 9 heteroatoms. The summed E-state index contributed by atoms with van der Waals surface area (Å²) in [6, 6.07) is 21.3. The van der Waals surface area contributed by atoms with E-state index in [2.05, 4.69) is 5.32 Å². The minimum absolute atomic E-state index is 0.0151. The number of halogens is 1. The summed E-state index contributed by atoms with van der Waals surface area (Å²) in [5.74, 6) is -0.279. The first-order valence-corrected chi connectivity index (χ1v) is 11.5. The highest BCUT2D eigenvalue weighted by Crippen LogP contribution is 2.29. The van der Waals surface area contributed by atoms with Crippen molar-refractivity contribution >= 4 is 38.9 Å². The molecule has 0 aliphatic heterocycles. The zero-order chi connectivity index (χ0) is 23.1. The minimum Gasteiger partial charge on any atom is -0.482 e. The number of nitriles is 1. The molecule has 32 heavy (non-hydrogen) atoms. The lowest BCUT2D eigenvalue weighted by molar-refractivity contribution is -0.118. The summed E-state index contributed by atoms with van der Waals surface area (Å²) in [4.78, 5) is 12.4. The number of nitrogens with zero attached hydrogens (tertiary/aromatic N) is 2. The molecule has 0 saturated heterocycles. The summed E-state index contributed by atoms with van der Waals surface area (Å²) in [7, 11) is -3.89. The van der Waals surface area contributed by atoms with Gasteiger partial charge < -0.3 is 10.1 Å². The van der Waals surface area contributed by atoms with Gasteiger partial charge in [0.1, 0.15) is 11.8 Å². The fourth-order valence-electron chi connectivity index (χ4n) is 2.99. The van der Waals surface area contributed by atoms with E-state index >= 15 is 0 Å². The average Bonchev–Trinajstić information content (AvgIpc) is 2.80. The van der Waals surface area contributed by atoms with Crippen LogP contribution in [0.5, 0.6) is 5.75 Å². The summed E-state index contributed by atoms with van der Waals surface area (Å²) in [6.07, 6.45) is 0. The molecule has 0 bridgehead atoms. The van der Waals surface area contributed by atoms with E-state index in [0.29, 0.717) is 11.3 Å². The predicted molar refractivity (Wildman–Crippen MR) is 123 cm³/mol. The van der Waals surface area contributed by atoms with Gasteiger partial charge in [0.05, 0.1) is 26.9 Å². The Hall–Kier alpha value is -3.54. The first kappa shape index (κ1) is 23.1. The van der Waals surface area contributed by atoms with E-state index in [1.165, 1.54) is 22.5 Å². The van der Waals surface area contributed by atoms with Gasteiger partial charge in [0, 0.05) is 6.54 Å². The molecule has 0 aromatic heterocycles. The number of amides is 1. The van der Waals surface area contributed by atoms with Gasteiger partial charge in [-0.05, 0) is 49.4 Å². The van der Waals surface area contributed by atoms with E-state index < -0.39 is 15.9 Å². The number of benzene rings is 3. The van der Waals surface area contributed by atoms with Crippen LogP contribution in [0.3, 0.4) is 0 Å². The maximum absolute atomic E-state index is 13.2. The number of rotatable bonds is 8. The van der Waals surface area contributed by atoms with Crippen LogP contribution in [0.4, 0.5) is 11.4 Å². The summed E-state index contributed by atoms with van der Waals surface area (Å²) >= 11 is 6.18. The first-order valence-electron chi connectivity index (χ1n) is 9.66. The molecule has 0 atom stereocenters. The van der Waals surface area contributed by atoms with E-state index in [4.69, 9.17) is 21.6 Å². The van der Waals surface area contributed by atoms with Crippen molar-refractivity contribution in [3.8, 4) is 11.8 Å². The number of carbonyl (C=O) groups excluding carboxylic acids is 1. The third-order valence-corrected chi connectivity index (χ3v) is 6.73. The molecular formula is C23H20ClN3O4S. The summed E-state index contributed by atoms with van der Waals surface area (Å²) in [5, 5.41) is 11.8. The molecule has 164 valence electrons. The van der Waals surface area contributed by atoms with Crippen molar-refractivity contribution in [2.75, 3.05) is 22.8 Å². The van der Waals surface area contributed by atoms with E-state index in [9.17, 15) is 13.2 Å². The van der Waals surface area contributed by atoms with Crippen LogP contribution < -0.4 is 14.4 Å². The molecular weight excluding hydrogens is 450 g/mol. The van der Waals surface area contributed by atoms with E-state index in [1.807, 2.05) is 6.07 Å². The number of para-hydroxylation sites is 2. The number of sulfonamides is 1. The molecule has 1 amide bonds. The van der Waals surface area contributed by atoms with Gasteiger partial charge in [0.15, 0.2) is 6.61 Å². The molecule has 3 aromatic carbocycles. The quantitative estimate of drug-likeness (QED) is 0.525. The van der Waals surface area contributed by atoms with Gasteiger partial charge in [-0.3, -0.25) is 9.10 Å². The van der Waals surface area contributed by atoms with Crippen LogP contribution in [0.15, 0.2) is 77.7 Å². The van der Waals surface area contributed by atoms with Crippen LogP contribution in [0.25, 0.3) is 0 Å². The highest BCUT2D eigenvalue weighted by Gasteiger charge is 2.24. The van der Waals surface area contributed by atoms with Gasteiger partial charge in [-0.15, -0.1) is 0 Å². The molecule has 0 heterocycles. The number of hydrogen-bond donors (Lipinski definition) is 1. The largest absolute Gasteiger partial charge is 0.482 e. The normalized spacial score (nSPS) is 10.8. The van der Waals surface area contributed by atoms with Crippen molar-refractivity contribution in [2.45, 2.75) is 11.8 Å². The van der Waals surface area contributed by atoms with E-state index in [1.54, 1.807) is 61.5 Å². The zero-order valence-corrected chi connectivity index (χ0v) is 18.7. The topological polar surface area (TPSA) is 99.5 Å². The minimum atomic E-state index is -3.89. The average molecular weight is 470 g/mol. The molecule has 0 saturated carbocycles. The Labute approximate surface area is 191 Å². The van der Waals surface area contributed by atoms with Gasteiger partial charge in [0.25, 0.3) is 15.9 Å². The Morgan fingerprint density at radius 1 is 1.09 bits per heavy atom. The summed E-state index contributed by atoms with van der Waals surface area (Å²) in [5.41, 5.74) is 0.964. The van der Waals surface area contributed by atoms with Crippen LogP contribution in [0, 0.1) is 11.3 Å². The Bertz CT molecular complexity index is 1260. The van der Waals surface area contributed by atoms with E-state index in [-0.39, 0.29) is 34.5 Å². The molecule has 0 spiro atoms. The maximum atomic E-state index is 13.2. The van der Waals surface area contributed by atoms with Gasteiger partial charge in [-0.1, -0.05) is 41.9 Å². The predicted octanol–water partition coefficient (Wildman–Crippen LogP) is 4.44. The fraction of sp³-hybridized carbons (Fsp3) is 0.130. The molecule has 3 aromatic rings. The van der Waals surface area contributed by atoms with Gasteiger partial charge in [-0.25, -0.2) is 8.42 Å².